The highest BCUT2D eigenvalue weighted by Crippen LogP contribution is 2.19. The first kappa shape index (κ1) is 14.4. The summed E-state index contributed by atoms with van der Waals surface area (Å²) in [5.41, 5.74) is 1.11. The molecule has 0 saturated carbocycles. The molecule has 1 aliphatic rings. The summed E-state index contributed by atoms with van der Waals surface area (Å²) in [5, 5.41) is 3.47. The maximum atomic E-state index is 4.61. The molecule has 2 rings (SSSR count). The number of anilines is 1. The minimum Gasteiger partial charge on any atom is -0.356 e. The van der Waals surface area contributed by atoms with Gasteiger partial charge in [-0.1, -0.05) is 19.8 Å². The number of piperidine rings is 1. The average Bonchev–Trinajstić information content (AvgIpc) is 2.73. The quantitative estimate of drug-likeness (QED) is 0.802. The first-order chi connectivity index (χ1) is 9.20. The van der Waals surface area contributed by atoms with E-state index in [9.17, 15) is 0 Å². The van der Waals surface area contributed by atoms with E-state index in [4.69, 9.17) is 0 Å². The molecule has 1 fully saturated rings. The van der Waals surface area contributed by atoms with E-state index in [-0.39, 0.29) is 0 Å². The van der Waals surface area contributed by atoms with E-state index in [0.717, 1.165) is 24.7 Å². The molecule has 0 spiro atoms. The summed E-state index contributed by atoms with van der Waals surface area (Å²) >= 11 is 0. The smallest absolute Gasteiger partial charge is 0.203 e. The van der Waals surface area contributed by atoms with Crippen molar-refractivity contribution < 1.29 is 0 Å². The molecule has 1 aromatic heterocycles. The van der Waals surface area contributed by atoms with Gasteiger partial charge in [-0.2, -0.15) is 0 Å². The van der Waals surface area contributed by atoms with E-state index in [2.05, 4.69) is 46.9 Å². The summed E-state index contributed by atoms with van der Waals surface area (Å²) < 4.78 is 2.30. The predicted molar refractivity (Wildman–Crippen MR) is 80.6 cm³/mol. The van der Waals surface area contributed by atoms with Gasteiger partial charge in [0.05, 0.1) is 5.69 Å². The lowest BCUT2D eigenvalue weighted by Gasteiger charge is -2.32. The Morgan fingerprint density at radius 3 is 3.00 bits per heavy atom. The minimum atomic E-state index is 0.661. The fourth-order valence-electron chi connectivity index (χ4n) is 2.81. The van der Waals surface area contributed by atoms with Gasteiger partial charge in [-0.05, 0) is 39.8 Å². The van der Waals surface area contributed by atoms with Gasteiger partial charge < -0.3 is 14.8 Å². The lowest BCUT2D eigenvalue weighted by atomic mass is 10.0. The van der Waals surface area contributed by atoms with E-state index < -0.39 is 0 Å². The van der Waals surface area contributed by atoms with E-state index in [0.29, 0.717) is 6.04 Å². The van der Waals surface area contributed by atoms with Gasteiger partial charge in [0.15, 0.2) is 0 Å². The average molecular weight is 264 g/mol. The fraction of sp³-hybridized carbons (Fsp3) is 0.800. The molecule has 1 saturated heterocycles. The lowest BCUT2D eigenvalue weighted by molar-refractivity contribution is 0.168. The molecule has 108 valence electrons. The fourth-order valence-corrected chi connectivity index (χ4v) is 2.81. The molecular formula is C15H28N4. The normalized spacial score (nSPS) is 20.7. The molecule has 0 aliphatic carbocycles. The van der Waals surface area contributed by atoms with Crippen LogP contribution in [-0.2, 0) is 6.54 Å². The van der Waals surface area contributed by atoms with Crippen LogP contribution in [0.25, 0.3) is 0 Å². The van der Waals surface area contributed by atoms with Crippen molar-refractivity contribution in [1.29, 1.82) is 0 Å². The monoisotopic (exact) mass is 264 g/mol. The van der Waals surface area contributed by atoms with E-state index in [1.54, 1.807) is 0 Å². The second-order valence-corrected chi connectivity index (χ2v) is 5.77. The largest absolute Gasteiger partial charge is 0.356 e. The van der Waals surface area contributed by atoms with Crippen molar-refractivity contribution in [2.45, 2.75) is 58.5 Å². The van der Waals surface area contributed by atoms with Crippen LogP contribution in [0.15, 0.2) is 6.20 Å². The Morgan fingerprint density at radius 2 is 2.26 bits per heavy atom. The molecule has 4 heteroatoms. The Balaban J connectivity index is 1.98. The third kappa shape index (κ3) is 3.96. The van der Waals surface area contributed by atoms with E-state index >= 15 is 0 Å². The first-order valence-electron chi connectivity index (χ1n) is 7.68. The summed E-state index contributed by atoms with van der Waals surface area (Å²) in [6, 6.07) is 0.661. The molecule has 2 heterocycles. The van der Waals surface area contributed by atoms with Gasteiger partial charge in [0, 0.05) is 25.3 Å². The Labute approximate surface area is 117 Å². The zero-order chi connectivity index (χ0) is 13.7. The molecule has 0 bridgehead atoms. The number of hydrogen-bond donors (Lipinski definition) is 1. The van der Waals surface area contributed by atoms with E-state index in [1.165, 1.54) is 38.6 Å². The maximum Gasteiger partial charge on any atom is 0.203 e. The minimum absolute atomic E-state index is 0.661. The van der Waals surface area contributed by atoms with Gasteiger partial charge in [-0.25, -0.2) is 4.98 Å². The third-order valence-corrected chi connectivity index (χ3v) is 4.04. The summed E-state index contributed by atoms with van der Waals surface area (Å²) in [7, 11) is 2.25. The van der Waals surface area contributed by atoms with Crippen LogP contribution in [0.5, 0.6) is 0 Å². The van der Waals surface area contributed by atoms with Crippen molar-refractivity contribution >= 4 is 5.95 Å². The highest BCUT2D eigenvalue weighted by molar-refractivity contribution is 5.28. The summed E-state index contributed by atoms with van der Waals surface area (Å²) in [4.78, 5) is 7.10. The number of aromatic nitrogens is 2. The number of likely N-dealkylation sites (N-methyl/N-ethyl adjacent to an activating group) is 1. The highest BCUT2D eigenvalue weighted by Gasteiger charge is 2.20. The predicted octanol–water partition coefficient (Wildman–Crippen LogP) is 2.89. The molecule has 0 radical (unpaired) electrons. The molecule has 1 unspecified atom stereocenters. The van der Waals surface area contributed by atoms with Crippen molar-refractivity contribution in [3.05, 3.63) is 11.9 Å². The number of likely N-dealkylation sites (tertiary alicyclic amines) is 1. The Kier molecular flexibility index (Phi) is 5.25. The topological polar surface area (TPSA) is 33.1 Å². The lowest BCUT2D eigenvalue weighted by Crippen LogP contribution is -2.39. The number of imidazole rings is 1. The molecule has 0 aromatic carbocycles. The Morgan fingerprint density at radius 1 is 1.42 bits per heavy atom. The molecule has 0 amide bonds. The molecule has 1 aliphatic heterocycles. The van der Waals surface area contributed by atoms with Gasteiger partial charge in [-0.15, -0.1) is 0 Å². The maximum absolute atomic E-state index is 4.61. The van der Waals surface area contributed by atoms with Crippen LogP contribution in [0.3, 0.4) is 0 Å². The molecule has 1 aromatic rings. The summed E-state index contributed by atoms with van der Waals surface area (Å²) in [5.74, 6) is 1.05. The second-order valence-electron chi connectivity index (χ2n) is 5.77. The number of rotatable bonds is 6. The SMILES string of the molecule is CCCCNc1nc(C)cn1CC1CCCCN1C. The number of unbranched alkanes of at least 4 members (excludes halogenated alkanes) is 1. The number of aryl methyl sites for hydroxylation is 1. The van der Waals surface area contributed by atoms with Crippen LogP contribution in [0, 0.1) is 6.92 Å². The van der Waals surface area contributed by atoms with Crippen molar-refractivity contribution in [3.63, 3.8) is 0 Å². The Hall–Kier alpha value is -1.03. The van der Waals surface area contributed by atoms with Gasteiger partial charge in [0.1, 0.15) is 0 Å². The Bertz CT molecular complexity index is 385. The number of nitrogens with one attached hydrogen (secondary N) is 1. The number of hydrogen-bond acceptors (Lipinski definition) is 3. The zero-order valence-corrected chi connectivity index (χ0v) is 12.7. The van der Waals surface area contributed by atoms with Crippen molar-refractivity contribution in [2.75, 3.05) is 25.5 Å². The molecular weight excluding hydrogens is 236 g/mol. The van der Waals surface area contributed by atoms with Crippen LogP contribution in [0.4, 0.5) is 5.95 Å². The highest BCUT2D eigenvalue weighted by atomic mass is 15.2. The van der Waals surface area contributed by atoms with Crippen molar-refractivity contribution in [2.24, 2.45) is 0 Å². The van der Waals surface area contributed by atoms with Gasteiger partial charge in [-0.3, -0.25) is 0 Å². The van der Waals surface area contributed by atoms with E-state index in [1.807, 2.05) is 0 Å². The van der Waals surface area contributed by atoms with Gasteiger partial charge in [0.2, 0.25) is 5.95 Å². The zero-order valence-electron chi connectivity index (χ0n) is 12.7. The van der Waals surface area contributed by atoms with Crippen molar-refractivity contribution in [3.8, 4) is 0 Å². The van der Waals surface area contributed by atoms with Gasteiger partial charge in [0.25, 0.3) is 0 Å². The molecule has 1 N–H and O–H groups in total. The van der Waals surface area contributed by atoms with Crippen LogP contribution in [0.2, 0.25) is 0 Å². The van der Waals surface area contributed by atoms with Crippen molar-refractivity contribution in [1.82, 2.24) is 14.5 Å². The van der Waals surface area contributed by atoms with Crippen LogP contribution in [0.1, 0.15) is 44.7 Å². The second kappa shape index (κ2) is 6.94. The molecule has 19 heavy (non-hydrogen) atoms. The number of nitrogens with zero attached hydrogens (tertiary/aromatic N) is 3. The van der Waals surface area contributed by atoms with Crippen LogP contribution in [-0.4, -0.2) is 40.6 Å². The summed E-state index contributed by atoms with van der Waals surface area (Å²) in [6.07, 6.45) is 8.62. The molecule has 1 atom stereocenters. The first-order valence-corrected chi connectivity index (χ1v) is 7.68. The van der Waals surface area contributed by atoms with Gasteiger partial charge >= 0.3 is 0 Å². The summed E-state index contributed by atoms with van der Waals surface area (Å²) in [6.45, 7) is 7.61. The standard InChI is InChI=1S/C15H28N4/c1-4-5-9-16-15-17-13(2)11-19(15)12-14-8-6-7-10-18(14)3/h11,14H,4-10,12H2,1-3H3,(H,16,17). The van der Waals surface area contributed by atoms with Crippen LogP contribution < -0.4 is 5.32 Å². The third-order valence-electron chi connectivity index (χ3n) is 4.04. The molecule has 4 nitrogen and oxygen atoms in total. The van der Waals surface area contributed by atoms with Crippen LogP contribution >= 0.6 is 0 Å².